The molecular weight excluding hydrogens is 496 g/mol. The molecule has 1 aliphatic heterocycles. The van der Waals surface area contributed by atoms with E-state index < -0.39 is 17.0 Å². The van der Waals surface area contributed by atoms with Crippen molar-refractivity contribution in [1.82, 2.24) is 10.6 Å². The Kier molecular flexibility index (Phi) is 8.91. The van der Waals surface area contributed by atoms with Crippen molar-refractivity contribution < 1.29 is 9.90 Å². The Morgan fingerprint density at radius 3 is 2.30 bits per heavy atom. The largest absolute Gasteiger partial charge is 0.480 e. The highest BCUT2D eigenvalue weighted by atomic mass is 79.9. The molecule has 0 aromatic heterocycles. The van der Waals surface area contributed by atoms with Crippen LogP contribution in [-0.4, -0.2) is 27.9 Å². The minimum absolute atomic E-state index is 0.203. The number of hydrogen-bond acceptors (Lipinski definition) is 4. The fourth-order valence-electron chi connectivity index (χ4n) is 5.22. The molecule has 1 aliphatic carbocycles. The van der Waals surface area contributed by atoms with Crippen LogP contribution in [0.25, 0.3) is 0 Å². The first-order valence-electron chi connectivity index (χ1n) is 12.3. The molecule has 33 heavy (non-hydrogen) atoms. The quantitative estimate of drug-likeness (QED) is 0.380. The van der Waals surface area contributed by atoms with Crippen molar-refractivity contribution >= 4 is 33.7 Å². The van der Waals surface area contributed by atoms with Crippen LogP contribution in [0.2, 0.25) is 0 Å². The van der Waals surface area contributed by atoms with Gasteiger partial charge >= 0.3 is 5.97 Å². The average molecular weight is 532 g/mol. The molecule has 1 heterocycles. The Bertz CT molecular complexity index is 885. The van der Waals surface area contributed by atoms with E-state index in [4.69, 9.17) is 0 Å². The lowest BCUT2D eigenvalue weighted by molar-refractivity contribution is -0.140. The van der Waals surface area contributed by atoms with Crippen molar-refractivity contribution in [2.24, 2.45) is 5.92 Å². The van der Waals surface area contributed by atoms with E-state index in [1.807, 2.05) is 42.1 Å². The number of nitrogens with one attached hydrogen (secondary N) is 2. The molecule has 2 aromatic rings. The summed E-state index contributed by atoms with van der Waals surface area (Å²) in [5.74, 6) is 0.553. The molecular formula is C27H35BrN2O2S. The standard InChI is InChI=1S/C27H35BrN2O2S/c28-23-16-14-21(15-17-23)25-19-33-27(30-25,22-12-8-3-1-2-4-9-13-22)29-24(26(31)32)18-20-10-6-5-7-11-20/h5-7,10-11,14-17,22,24-25,29-30H,1-4,8-9,12-13,18-19H2,(H,31,32). The number of thioether (sulfide) groups is 1. The molecule has 0 amide bonds. The molecule has 2 aromatic carbocycles. The maximum atomic E-state index is 12.4. The van der Waals surface area contributed by atoms with Crippen LogP contribution in [0.1, 0.15) is 68.5 Å². The second-order valence-corrected chi connectivity index (χ2v) is 11.6. The fourth-order valence-corrected chi connectivity index (χ4v) is 7.11. The van der Waals surface area contributed by atoms with Crippen molar-refractivity contribution in [2.45, 2.75) is 74.9 Å². The molecule has 3 unspecified atom stereocenters. The summed E-state index contributed by atoms with van der Waals surface area (Å²) in [4.78, 5) is 11.9. The van der Waals surface area contributed by atoms with Gasteiger partial charge < -0.3 is 5.11 Å². The van der Waals surface area contributed by atoms with Gasteiger partial charge in [-0.2, -0.15) is 0 Å². The number of rotatable bonds is 7. The van der Waals surface area contributed by atoms with E-state index in [2.05, 4.69) is 50.8 Å². The van der Waals surface area contributed by atoms with Crippen molar-refractivity contribution in [3.8, 4) is 0 Å². The molecule has 2 fully saturated rings. The van der Waals surface area contributed by atoms with Gasteiger partial charge in [0, 0.05) is 22.2 Å². The van der Waals surface area contributed by atoms with Crippen molar-refractivity contribution in [3.63, 3.8) is 0 Å². The first kappa shape index (κ1) is 24.8. The Morgan fingerprint density at radius 2 is 1.67 bits per heavy atom. The second-order valence-electron chi connectivity index (χ2n) is 9.42. The molecule has 178 valence electrons. The highest BCUT2D eigenvalue weighted by molar-refractivity contribution is 9.10. The number of carboxylic acid groups (broad SMARTS) is 1. The number of carboxylic acids is 1. The van der Waals surface area contributed by atoms with Crippen LogP contribution in [0.5, 0.6) is 0 Å². The minimum Gasteiger partial charge on any atom is -0.480 e. The molecule has 3 atom stereocenters. The van der Waals surface area contributed by atoms with Crippen LogP contribution in [-0.2, 0) is 11.2 Å². The Balaban J connectivity index is 1.60. The van der Waals surface area contributed by atoms with Crippen LogP contribution >= 0.6 is 27.7 Å². The van der Waals surface area contributed by atoms with Crippen LogP contribution < -0.4 is 10.6 Å². The number of carbonyl (C=O) groups is 1. The zero-order valence-corrected chi connectivity index (χ0v) is 21.5. The lowest BCUT2D eigenvalue weighted by atomic mass is 9.91. The third-order valence-corrected chi connectivity index (χ3v) is 9.09. The van der Waals surface area contributed by atoms with Gasteiger partial charge in [-0.15, -0.1) is 11.8 Å². The number of aliphatic carboxylic acids is 1. The summed E-state index contributed by atoms with van der Waals surface area (Å²) in [6.45, 7) is 0. The van der Waals surface area contributed by atoms with Crippen LogP contribution in [0.15, 0.2) is 59.1 Å². The molecule has 0 spiro atoms. The van der Waals surface area contributed by atoms with Gasteiger partial charge in [0.1, 0.15) is 11.0 Å². The summed E-state index contributed by atoms with van der Waals surface area (Å²) in [5.41, 5.74) is 2.31. The first-order chi connectivity index (χ1) is 16.1. The number of hydrogen-bond donors (Lipinski definition) is 3. The van der Waals surface area contributed by atoms with E-state index in [9.17, 15) is 9.90 Å². The monoisotopic (exact) mass is 530 g/mol. The van der Waals surface area contributed by atoms with E-state index in [0.29, 0.717) is 12.3 Å². The molecule has 1 saturated carbocycles. The molecule has 2 aliphatic rings. The first-order valence-corrected chi connectivity index (χ1v) is 14.1. The third-order valence-electron chi connectivity index (χ3n) is 7.04. The van der Waals surface area contributed by atoms with Crippen LogP contribution in [0.4, 0.5) is 0 Å². The lowest BCUT2D eigenvalue weighted by Crippen LogP contribution is -2.62. The smallest absolute Gasteiger partial charge is 0.321 e. The van der Waals surface area contributed by atoms with Crippen molar-refractivity contribution in [1.29, 1.82) is 0 Å². The maximum absolute atomic E-state index is 12.4. The predicted octanol–water partition coefficient (Wildman–Crippen LogP) is 6.52. The minimum atomic E-state index is -0.782. The molecule has 3 N–H and O–H groups in total. The van der Waals surface area contributed by atoms with Crippen molar-refractivity contribution in [2.75, 3.05) is 5.75 Å². The summed E-state index contributed by atoms with van der Waals surface area (Å²) in [6, 6.07) is 18.0. The van der Waals surface area contributed by atoms with E-state index in [0.717, 1.165) is 28.6 Å². The molecule has 6 heteroatoms. The van der Waals surface area contributed by atoms with Crippen LogP contribution in [0.3, 0.4) is 0 Å². The predicted molar refractivity (Wildman–Crippen MR) is 140 cm³/mol. The van der Waals surface area contributed by atoms with Gasteiger partial charge in [-0.1, -0.05) is 96.9 Å². The van der Waals surface area contributed by atoms with Gasteiger partial charge in [-0.05, 0) is 42.5 Å². The topological polar surface area (TPSA) is 61.4 Å². The average Bonchev–Trinajstić information content (AvgIpc) is 3.30. The maximum Gasteiger partial charge on any atom is 0.321 e. The summed E-state index contributed by atoms with van der Waals surface area (Å²) in [6.07, 6.45) is 10.4. The Hall–Kier alpha value is -1.34. The molecule has 0 bridgehead atoms. The summed E-state index contributed by atoms with van der Waals surface area (Å²) in [5, 5.41) is 17.8. The molecule has 1 saturated heterocycles. The zero-order chi connectivity index (χ0) is 23.1. The number of benzene rings is 2. The van der Waals surface area contributed by atoms with E-state index >= 15 is 0 Å². The highest BCUT2D eigenvalue weighted by Gasteiger charge is 2.47. The van der Waals surface area contributed by atoms with Gasteiger partial charge in [0.25, 0.3) is 0 Å². The van der Waals surface area contributed by atoms with Gasteiger partial charge in [0.05, 0.1) is 0 Å². The second kappa shape index (κ2) is 11.9. The SMILES string of the molecule is O=C(O)C(Cc1ccccc1)NC1(C2CCCCCCCC2)NC(c2ccc(Br)cc2)CS1. The van der Waals surface area contributed by atoms with Gasteiger partial charge in [0.2, 0.25) is 0 Å². The highest BCUT2D eigenvalue weighted by Crippen LogP contribution is 2.45. The Morgan fingerprint density at radius 1 is 1.03 bits per heavy atom. The van der Waals surface area contributed by atoms with Gasteiger partial charge in [0.15, 0.2) is 0 Å². The van der Waals surface area contributed by atoms with E-state index in [1.165, 1.54) is 44.1 Å². The summed E-state index contributed by atoms with van der Waals surface area (Å²) < 4.78 is 1.08. The van der Waals surface area contributed by atoms with Gasteiger partial charge in [-0.25, -0.2) is 0 Å². The summed E-state index contributed by atoms with van der Waals surface area (Å²) >= 11 is 5.42. The van der Waals surface area contributed by atoms with Crippen molar-refractivity contribution in [3.05, 3.63) is 70.2 Å². The fraction of sp³-hybridized carbons (Fsp3) is 0.519. The molecule has 0 radical (unpaired) electrons. The zero-order valence-electron chi connectivity index (χ0n) is 19.1. The van der Waals surface area contributed by atoms with E-state index in [-0.39, 0.29) is 6.04 Å². The normalized spacial score (nSPS) is 25.7. The lowest BCUT2D eigenvalue weighted by Gasteiger charge is -2.41. The number of halogens is 1. The molecule has 4 rings (SSSR count). The third kappa shape index (κ3) is 6.62. The summed E-state index contributed by atoms with van der Waals surface area (Å²) in [7, 11) is 0. The van der Waals surface area contributed by atoms with Crippen LogP contribution in [0, 0.1) is 5.92 Å². The van der Waals surface area contributed by atoms with E-state index in [1.54, 1.807) is 0 Å². The Labute approximate surface area is 210 Å². The molecule has 4 nitrogen and oxygen atoms in total. The van der Waals surface area contributed by atoms with Gasteiger partial charge in [-0.3, -0.25) is 15.4 Å².